The van der Waals surface area contributed by atoms with Crippen molar-refractivity contribution in [3.8, 4) is 0 Å². The molecule has 0 saturated carbocycles. The third kappa shape index (κ3) is 2.73. The van der Waals surface area contributed by atoms with Gasteiger partial charge in [0.15, 0.2) is 0 Å². The van der Waals surface area contributed by atoms with Crippen molar-refractivity contribution in [3.63, 3.8) is 0 Å². The second-order valence-electron chi connectivity index (χ2n) is 6.80. The van der Waals surface area contributed by atoms with Crippen molar-refractivity contribution in [1.82, 2.24) is 5.32 Å². The highest BCUT2D eigenvalue weighted by Gasteiger charge is 2.45. The second kappa shape index (κ2) is 6.00. The fourth-order valence-corrected chi connectivity index (χ4v) is 4.36. The zero-order valence-corrected chi connectivity index (χ0v) is 14.0. The van der Waals surface area contributed by atoms with E-state index >= 15 is 0 Å². The third-order valence-corrected chi connectivity index (χ3v) is 5.62. The number of halogens is 3. The smallest absolute Gasteiger partial charge is 0.370 e. The molecule has 5 heteroatoms. The minimum absolute atomic E-state index is 0.166. The normalized spacial score (nSPS) is 24.0. The van der Waals surface area contributed by atoms with Crippen LogP contribution in [0.15, 0.2) is 12.1 Å². The largest absolute Gasteiger partial charge is 0.418 e. The van der Waals surface area contributed by atoms with E-state index in [-0.39, 0.29) is 17.9 Å². The molecule has 1 N–H and O–H groups in total. The standard InChI is InChI=1S/C18H25F3N2/c1-4-11(5-2)12-8-13-14-10-22-7-6-16(14)23(3)17(13)15(9-12)18(19,20)21/h8-9,11,14,16,22H,4-7,10H2,1-3H3/t14?,16-/m0/s1. The maximum absolute atomic E-state index is 13.7. The van der Waals surface area contributed by atoms with Crippen molar-refractivity contribution >= 4 is 5.69 Å². The molecule has 0 aliphatic carbocycles. The first-order valence-electron chi connectivity index (χ1n) is 8.57. The highest BCUT2D eigenvalue weighted by molar-refractivity contribution is 5.68. The molecule has 0 amide bonds. The molecule has 0 radical (unpaired) electrons. The third-order valence-electron chi connectivity index (χ3n) is 5.62. The molecule has 1 aromatic carbocycles. The van der Waals surface area contributed by atoms with Crippen LogP contribution in [0.5, 0.6) is 0 Å². The Balaban J connectivity index is 2.17. The van der Waals surface area contributed by atoms with Gasteiger partial charge in [-0.25, -0.2) is 0 Å². The summed E-state index contributed by atoms with van der Waals surface area (Å²) in [5.74, 6) is 0.362. The molecule has 23 heavy (non-hydrogen) atoms. The van der Waals surface area contributed by atoms with Crippen LogP contribution in [0.25, 0.3) is 0 Å². The van der Waals surface area contributed by atoms with Crippen LogP contribution in [-0.4, -0.2) is 26.2 Å². The Labute approximate surface area is 136 Å². The summed E-state index contributed by atoms with van der Waals surface area (Å²) in [6.07, 6.45) is -1.67. The summed E-state index contributed by atoms with van der Waals surface area (Å²) in [5.41, 5.74) is 1.70. The Bertz CT molecular complexity index is 578. The van der Waals surface area contributed by atoms with E-state index in [1.165, 1.54) is 6.07 Å². The lowest BCUT2D eigenvalue weighted by molar-refractivity contribution is -0.137. The molecule has 128 valence electrons. The molecule has 2 heterocycles. The van der Waals surface area contributed by atoms with E-state index in [0.717, 1.165) is 43.5 Å². The van der Waals surface area contributed by atoms with Gasteiger partial charge in [0, 0.05) is 25.6 Å². The van der Waals surface area contributed by atoms with Gasteiger partial charge in [0.1, 0.15) is 0 Å². The Morgan fingerprint density at radius 2 is 1.96 bits per heavy atom. The average Bonchev–Trinajstić information content (AvgIpc) is 2.81. The van der Waals surface area contributed by atoms with Crippen molar-refractivity contribution in [3.05, 3.63) is 28.8 Å². The quantitative estimate of drug-likeness (QED) is 0.879. The number of fused-ring (bicyclic) bond motifs is 3. The first-order valence-corrected chi connectivity index (χ1v) is 8.57. The molecule has 2 nitrogen and oxygen atoms in total. The van der Waals surface area contributed by atoms with Gasteiger partial charge >= 0.3 is 6.18 Å². The van der Waals surface area contributed by atoms with Gasteiger partial charge in [-0.05, 0) is 48.9 Å². The van der Waals surface area contributed by atoms with Gasteiger partial charge in [0.25, 0.3) is 0 Å². The first kappa shape index (κ1) is 16.6. The van der Waals surface area contributed by atoms with Crippen LogP contribution in [-0.2, 0) is 6.18 Å². The van der Waals surface area contributed by atoms with Gasteiger partial charge in [-0.15, -0.1) is 0 Å². The van der Waals surface area contributed by atoms with Crippen LogP contribution in [0.2, 0.25) is 0 Å². The van der Waals surface area contributed by atoms with Gasteiger partial charge in [-0.3, -0.25) is 0 Å². The summed E-state index contributed by atoms with van der Waals surface area (Å²) < 4.78 is 41.1. The highest BCUT2D eigenvalue weighted by atomic mass is 19.4. The number of anilines is 1. The Hall–Kier alpha value is -1.23. The monoisotopic (exact) mass is 326 g/mol. The lowest BCUT2D eigenvalue weighted by Gasteiger charge is -2.31. The van der Waals surface area contributed by atoms with E-state index in [1.54, 1.807) is 0 Å². The highest BCUT2D eigenvalue weighted by Crippen LogP contribution is 2.50. The fraction of sp³-hybridized carbons (Fsp3) is 0.667. The predicted octanol–water partition coefficient (Wildman–Crippen LogP) is 4.50. The molecule has 1 unspecified atom stereocenters. The van der Waals surface area contributed by atoms with E-state index in [2.05, 4.69) is 11.4 Å². The lowest BCUT2D eigenvalue weighted by atomic mass is 9.85. The van der Waals surface area contributed by atoms with Gasteiger partial charge in [-0.1, -0.05) is 19.9 Å². The Morgan fingerprint density at radius 1 is 1.26 bits per heavy atom. The van der Waals surface area contributed by atoms with Crippen LogP contribution >= 0.6 is 0 Å². The number of alkyl halides is 3. The summed E-state index contributed by atoms with van der Waals surface area (Å²) in [6, 6.07) is 3.64. The molecular formula is C18H25F3N2. The molecule has 2 atom stereocenters. The van der Waals surface area contributed by atoms with Crippen molar-refractivity contribution in [2.75, 3.05) is 25.0 Å². The van der Waals surface area contributed by atoms with E-state index in [4.69, 9.17) is 0 Å². The molecule has 0 spiro atoms. The average molecular weight is 326 g/mol. The van der Waals surface area contributed by atoms with Crippen molar-refractivity contribution < 1.29 is 13.2 Å². The molecule has 1 fully saturated rings. The number of piperidine rings is 1. The zero-order chi connectivity index (χ0) is 16.8. The number of hydrogen-bond acceptors (Lipinski definition) is 2. The predicted molar refractivity (Wildman–Crippen MR) is 87.2 cm³/mol. The maximum atomic E-state index is 13.7. The molecule has 3 rings (SSSR count). The number of likely N-dealkylation sites (N-methyl/N-ethyl adjacent to an activating group) is 1. The number of nitrogens with one attached hydrogen (secondary N) is 1. The molecule has 2 aliphatic heterocycles. The fourth-order valence-electron chi connectivity index (χ4n) is 4.36. The minimum atomic E-state index is -4.30. The van der Waals surface area contributed by atoms with Crippen molar-refractivity contribution in [1.29, 1.82) is 0 Å². The van der Waals surface area contributed by atoms with Crippen LogP contribution in [0.1, 0.15) is 61.6 Å². The summed E-state index contributed by atoms with van der Waals surface area (Å²) >= 11 is 0. The van der Waals surface area contributed by atoms with E-state index in [0.29, 0.717) is 5.69 Å². The molecule has 1 aromatic rings. The summed E-state index contributed by atoms with van der Waals surface area (Å²) in [7, 11) is 1.82. The van der Waals surface area contributed by atoms with E-state index in [1.807, 2.05) is 25.8 Å². The number of hydrogen-bond donors (Lipinski definition) is 1. The van der Waals surface area contributed by atoms with Crippen LogP contribution in [0.3, 0.4) is 0 Å². The van der Waals surface area contributed by atoms with Crippen LogP contribution in [0, 0.1) is 0 Å². The SMILES string of the molecule is CCC(CC)c1cc2c(c(C(F)(F)F)c1)N(C)[C@H]1CCNCC21. The lowest BCUT2D eigenvalue weighted by Crippen LogP contribution is -2.42. The summed E-state index contributed by atoms with van der Waals surface area (Å²) in [4.78, 5) is 1.88. The van der Waals surface area contributed by atoms with E-state index in [9.17, 15) is 13.2 Å². The van der Waals surface area contributed by atoms with Gasteiger partial charge in [-0.2, -0.15) is 13.2 Å². The van der Waals surface area contributed by atoms with Crippen molar-refractivity contribution in [2.24, 2.45) is 0 Å². The number of benzene rings is 1. The summed E-state index contributed by atoms with van der Waals surface area (Å²) in [6.45, 7) is 5.74. The van der Waals surface area contributed by atoms with Crippen LogP contribution < -0.4 is 10.2 Å². The minimum Gasteiger partial charge on any atom is -0.370 e. The molecule has 0 aromatic heterocycles. The van der Waals surface area contributed by atoms with Gasteiger partial charge in [0.05, 0.1) is 11.3 Å². The Kier molecular flexibility index (Phi) is 4.34. The molecular weight excluding hydrogens is 301 g/mol. The number of rotatable bonds is 3. The van der Waals surface area contributed by atoms with Gasteiger partial charge in [0.2, 0.25) is 0 Å². The number of nitrogens with zero attached hydrogens (tertiary/aromatic N) is 1. The first-order chi connectivity index (χ1) is 10.9. The molecule has 1 saturated heterocycles. The molecule has 2 aliphatic rings. The second-order valence-corrected chi connectivity index (χ2v) is 6.80. The summed E-state index contributed by atoms with van der Waals surface area (Å²) in [5, 5.41) is 3.34. The maximum Gasteiger partial charge on any atom is 0.418 e. The van der Waals surface area contributed by atoms with E-state index < -0.39 is 11.7 Å². The van der Waals surface area contributed by atoms with Gasteiger partial charge < -0.3 is 10.2 Å². The zero-order valence-electron chi connectivity index (χ0n) is 14.0. The topological polar surface area (TPSA) is 15.3 Å². The van der Waals surface area contributed by atoms with Crippen LogP contribution in [0.4, 0.5) is 18.9 Å². The Morgan fingerprint density at radius 3 is 2.57 bits per heavy atom. The molecule has 0 bridgehead atoms. The van der Waals surface area contributed by atoms with Crippen molar-refractivity contribution in [2.45, 2.75) is 57.2 Å².